The molecule has 0 aliphatic carbocycles. The molecule has 0 spiro atoms. The highest BCUT2D eigenvalue weighted by Crippen LogP contribution is 2.21. The van der Waals surface area contributed by atoms with Crippen molar-refractivity contribution in [2.45, 2.75) is 12.7 Å². The molecule has 0 amide bonds. The summed E-state index contributed by atoms with van der Waals surface area (Å²) in [5, 5.41) is 0. The second kappa shape index (κ2) is 4.49. The molecule has 80 valence electrons. The van der Waals surface area contributed by atoms with Crippen LogP contribution in [-0.2, 0) is 16.0 Å². The van der Waals surface area contributed by atoms with Crippen LogP contribution in [0.3, 0.4) is 0 Å². The molecule has 0 saturated carbocycles. The monoisotopic (exact) mass is 338 g/mol. The summed E-state index contributed by atoms with van der Waals surface area (Å²) in [6, 6.07) is 3.28. The minimum absolute atomic E-state index is 0.414. The second-order valence-corrected chi connectivity index (χ2v) is 5.60. The van der Waals surface area contributed by atoms with Gasteiger partial charge in [-0.2, -0.15) is 8.42 Å². The van der Waals surface area contributed by atoms with Crippen molar-refractivity contribution >= 4 is 32.8 Å². The molecule has 1 aromatic carbocycles. The highest BCUT2D eigenvalue weighted by molar-refractivity contribution is 14.1. The van der Waals surface area contributed by atoms with Gasteiger partial charge in [-0.25, -0.2) is 0 Å². The van der Waals surface area contributed by atoms with Crippen LogP contribution in [0, 0.1) is 22.8 Å². The minimum Gasteiger partial charge on any atom is -0.194 e. The number of hydrogen-bond donors (Lipinski definition) is 0. The van der Waals surface area contributed by atoms with Crippen molar-refractivity contribution in [1.82, 2.24) is 0 Å². The van der Waals surface area contributed by atoms with Gasteiger partial charge in [-0.1, -0.05) is 5.92 Å². The lowest BCUT2D eigenvalue weighted by Crippen LogP contribution is -2.01. The Labute approximate surface area is 102 Å². The average Bonchev–Trinajstić information content (AvgIpc) is 2.10. The molecule has 0 heterocycles. The molecule has 0 atom stereocenters. The molecule has 0 bridgehead atoms. The van der Waals surface area contributed by atoms with E-state index in [-0.39, 0.29) is 0 Å². The molecule has 0 aliphatic heterocycles. The molecule has 5 heteroatoms. The molecule has 0 saturated heterocycles. The van der Waals surface area contributed by atoms with Gasteiger partial charge in [0.1, 0.15) is 5.75 Å². The quantitative estimate of drug-likeness (QED) is 0.471. The van der Waals surface area contributed by atoms with E-state index in [0.29, 0.717) is 11.1 Å². The summed E-state index contributed by atoms with van der Waals surface area (Å²) in [5.74, 6) is 1.78. The van der Waals surface area contributed by atoms with Crippen molar-refractivity contribution in [3.05, 3.63) is 32.4 Å². The summed E-state index contributed by atoms with van der Waals surface area (Å²) in [6.07, 6.45) is 5.20. The Morgan fingerprint density at radius 2 is 2.13 bits per heavy atom. The van der Waals surface area contributed by atoms with Crippen molar-refractivity contribution in [2.75, 3.05) is 0 Å². The Balaban J connectivity index is 3.30. The number of benzene rings is 1. The van der Waals surface area contributed by atoms with Crippen LogP contribution in [0.15, 0.2) is 12.1 Å². The maximum absolute atomic E-state index is 12.5. The fraction of sp³-hybridized carbons (Fsp3) is 0.200. The molecule has 2 nitrogen and oxygen atoms in total. The zero-order chi connectivity index (χ0) is 11.6. The van der Waals surface area contributed by atoms with E-state index >= 15 is 0 Å². The van der Waals surface area contributed by atoms with E-state index in [2.05, 4.69) is 5.92 Å². The maximum atomic E-state index is 12.5. The predicted octanol–water partition coefficient (Wildman–Crippen LogP) is 2.38. The van der Waals surface area contributed by atoms with Crippen LogP contribution in [0.4, 0.5) is 3.89 Å². The van der Waals surface area contributed by atoms with Crippen molar-refractivity contribution < 1.29 is 12.3 Å². The Hall–Kier alpha value is -0.610. The smallest absolute Gasteiger partial charge is 0.194 e. The predicted molar refractivity (Wildman–Crippen MR) is 65.6 cm³/mol. The lowest BCUT2D eigenvalue weighted by molar-refractivity contribution is 0.551. The highest BCUT2D eigenvalue weighted by atomic mass is 127. The summed E-state index contributed by atoms with van der Waals surface area (Å²) in [5.41, 5.74) is 1.72. The van der Waals surface area contributed by atoms with Crippen LogP contribution in [0.25, 0.3) is 0 Å². The highest BCUT2D eigenvalue weighted by Gasteiger charge is 2.13. The zero-order valence-corrected chi connectivity index (χ0v) is 10.9. The SMILES string of the molecule is C#Cc1cc(I)c(C)c(CS(=O)(=O)F)c1. The summed E-state index contributed by atoms with van der Waals surface area (Å²) in [6.45, 7) is 1.74. The summed E-state index contributed by atoms with van der Waals surface area (Å²) in [4.78, 5) is 0. The standard InChI is InChI=1S/C10H8FIO2S/c1-3-8-4-9(6-15(11,13)14)7(2)10(12)5-8/h1,4-5H,6H2,2H3. The number of terminal acetylenes is 1. The van der Waals surface area contributed by atoms with E-state index < -0.39 is 16.0 Å². The molecule has 1 aromatic rings. The van der Waals surface area contributed by atoms with Gasteiger partial charge in [-0.3, -0.25) is 0 Å². The van der Waals surface area contributed by atoms with Gasteiger partial charge in [0.05, 0.1) is 0 Å². The number of rotatable bonds is 2. The summed E-state index contributed by atoms with van der Waals surface area (Å²) in [7, 11) is -4.51. The molecule has 0 radical (unpaired) electrons. The third-order valence-electron chi connectivity index (χ3n) is 1.95. The largest absolute Gasteiger partial charge is 0.306 e. The van der Waals surface area contributed by atoms with Crippen LogP contribution in [0.5, 0.6) is 0 Å². The Bertz CT molecular complexity index is 529. The van der Waals surface area contributed by atoms with Gasteiger partial charge >= 0.3 is 10.2 Å². The molecule has 0 N–H and O–H groups in total. The summed E-state index contributed by atoms with van der Waals surface area (Å²) < 4.78 is 34.5. The van der Waals surface area contributed by atoms with Crippen LogP contribution in [0.2, 0.25) is 0 Å². The van der Waals surface area contributed by atoms with Gasteiger partial charge in [0, 0.05) is 9.13 Å². The van der Waals surface area contributed by atoms with E-state index in [1.165, 1.54) is 6.07 Å². The van der Waals surface area contributed by atoms with Crippen molar-refractivity contribution in [3.63, 3.8) is 0 Å². The Morgan fingerprint density at radius 1 is 1.53 bits per heavy atom. The summed E-state index contributed by atoms with van der Waals surface area (Å²) >= 11 is 2.04. The van der Waals surface area contributed by atoms with Gasteiger partial charge < -0.3 is 0 Å². The lowest BCUT2D eigenvalue weighted by Gasteiger charge is -2.06. The zero-order valence-electron chi connectivity index (χ0n) is 7.92. The van der Waals surface area contributed by atoms with E-state index in [9.17, 15) is 12.3 Å². The van der Waals surface area contributed by atoms with Crippen molar-refractivity contribution in [3.8, 4) is 12.3 Å². The fourth-order valence-electron chi connectivity index (χ4n) is 1.15. The van der Waals surface area contributed by atoms with E-state index in [0.717, 1.165) is 9.13 Å². The molecule has 1 rings (SSSR count). The first-order valence-corrected chi connectivity index (χ1v) is 6.64. The number of hydrogen-bond acceptors (Lipinski definition) is 2. The van der Waals surface area contributed by atoms with Crippen LogP contribution >= 0.6 is 22.6 Å². The maximum Gasteiger partial charge on any atom is 0.306 e. The third kappa shape index (κ3) is 3.47. The average molecular weight is 338 g/mol. The second-order valence-electron chi connectivity index (χ2n) is 3.07. The van der Waals surface area contributed by atoms with Crippen molar-refractivity contribution in [2.24, 2.45) is 0 Å². The van der Waals surface area contributed by atoms with Crippen LogP contribution in [-0.4, -0.2) is 8.42 Å². The first kappa shape index (κ1) is 12.5. The van der Waals surface area contributed by atoms with E-state index in [1.54, 1.807) is 13.0 Å². The van der Waals surface area contributed by atoms with Gasteiger partial charge in [0.25, 0.3) is 0 Å². The number of halogens is 2. The third-order valence-corrected chi connectivity index (χ3v) is 3.72. The first-order chi connectivity index (χ1) is 6.83. The molecule has 15 heavy (non-hydrogen) atoms. The minimum atomic E-state index is -4.51. The molecule has 0 aliphatic rings. The van der Waals surface area contributed by atoms with E-state index in [1.807, 2.05) is 22.6 Å². The van der Waals surface area contributed by atoms with Crippen LogP contribution < -0.4 is 0 Å². The first-order valence-electron chi connectivity index (χ1n) is 4.01. The fourth-order valence-corrected chi connectivity index (χ4v) is 2.51. The molecular weight excluding hydrogens is 330 g/mol. The van der Waals surface area contributed by atoms with Gasteiger partial charge in [0.2, 0.25) is 0 Å². The Morgan fingerprint density at radius 3 is 2.60 bits per heavy atom. The van der Waals surface area contributed by atoms with E-state index in [4.69, 9.17) is 6.42 Å². The van der Waals surface area contributed by atoms with Crippen LogP contribution in [0.1, 0.15) is 16.7 Å². The molecular formula is C10H8FIO2S. The van der Waals surface area contributed by atoms with Crippen molar-refractivity contribution in [1.29, 1.82) is 0 Å². The van der Waals surface area contributed by atoms with Gasteiger partial charge in [-0.05, 0) is 52.8 Å². The van der Waals surface area contributed by atoms with Gasteiger partial charge in [0.15, 0.2) is 0 Å². The lowest BCUT2D eigenvalue weighted by atomic mass is 10.1. The molecule has 0 fully saturated rings. The topological polar surface area (TPSA) is 34.1 Å². The molecule has 0 aromatic heterocycles. The molecule has 0 unspecified atom stereocenters. The van der Waals surface area contributed by atoms with Gasteiger partial charge in [-0.15, -0.1) is 10.3 Å². The Kier molecular flexibility index (Phi) is 3.73. The normalized spacial score (nSPS) is 11.1.